The summed E-state index contributed by atoms with van der Waals surface area (Å²) in [4.78, 5) is 19.6. The molecule has 0 spiro atoms. The van der Waals surface area contributed by atoms with Gasteiger partial charge in [-0.25, -0.2) is 4.98 Å². The van der Waals surface area contributed by atoms with Gasteiger partial charge in [0.05, 0.1) is 12.7 Å². The number of carbonyl (C=O) groups excluding carboxylic acids is 1. The van der Waals surface area contributed by atoms with Crippen LogP contribution < -0.4 is 15.4 Å². The van der Waals surface area contributed by atoms with Crippen LogP contribution in [0.15, 0.2) is 30.3 Å². The molecule has 1 amide bonds. The summed E-state index contributed by atoms with van der Waals surface area (Å²) in [5.74, 6) is 1.46. The number of methoxy groups -OCH3 is 1. The van der Waals surface area contributed by atoms with Crippen molar-refractivity contribution in [1.29, 1.82) is 0 Å². The average molecular weight is 383 g/mol. The van der Waals surface area contributed by atoms with Crippen LogP contribution in [0, 0.1) is 0 Å². The summed E-state index contributed by atoms with van der Waals surface area (Å²) in [6.45, 7) is 6.91. The van der Waals surface area contributed by atoms with Crippen molar-refractivity contribution in [1.82, 2.24) is 15.2 Å². The molecule has 0 radical (unpaired) electrons. The molecule has 1 aliphatic heterocycles. The summed E-state index contributed by atoms with van der Waals surface area (Å²) < 4.78 is 5.24. The van der Waals surface area contributed by atoms with E-state index in [1.165, 1.54) is 11.1 Å². The molecule has 2 aromatic rings. The van der Waals surface area contributed by atoms with Gasteiger partial charge in [-0.2, -0.15) is 0 Å². The summed E-state index contributed by atoms with van der Waals surface area (Å²) >= 11 is 0. The van der Waals surface area contributed by atoms with Crippen molar-refractivity contribution in [3.63, 3.8) is 0 Å². The molecule has 1 aromatic heterocycles. The van der Waals surface area contributed by atoms with Crippen molar-refractivity contribution < 1.29 is 9.53 Å². The molecule has 0 fully saturated rings. The zero-order chi connectivity index (χ0) is 20.1. The van der Waals surface area contributed by atoms with Gasteiger partial charge >= 0.3 is 0 Å². The van der Waals surface area contributed by atoms with Crippen molar-refractivity contribution >= 4 is 11.7 Å². The Hall–Kier alpha value is -2.60. The maximum atomic E-state index is 12.3. The third-order valence-electron chi connectivity index (χ3n) is 5.02. The van der Waals surface area contributed by atoms with Gasteiger partial charge in [-0.15, -0.1) is 0 Å². The van der Waals surface area contributed by atoms with E-state index < -0.39 is 0 Å². The van der Waals surface area contributed by atoms with Crippen molar-refractivity contribution in [2.45, 2.75) is 39.3 Å². The van der Waals surface area contributed by atoms with E-state index in [4.69, 9.17) is 9.72 Å². The maximum Gasteiger partial charge on any atom is 0.254 e. The third-order valence-corrected chi connectivity index (χ3v) is 5.02. The van der Waals surface area contributed by atoms with Crippen molar-refractivity contribution in [2.24, 2.45) is 0 Å². The monoisotopic (exact) mass is 382 g/mol. The maximum absolute atomic E-state index is 12.3. The highest BCUT2D eigenvalue weighted by molar-refractivity contribution is 5.98. The van der Waals surface area contributed by atoms with E-state index in [9.17, 15) is 4.79 Å². The Balaban J connectivity index is 1.77. The Kier molecular flexibility index (Phi) is 6.52. The minimum Gasteiger partial charge on any atom is -0.497 e. The summed E-state index contributed by atoms with van der Waals surface area (Å²) in [5.41, 5.74) is 4.16. The highest BCUT2D eigenvalue weighted by Gasteiger charge is 2.21. The summed E-state index contributed by atoms with van der Waals surface area (Å²) in [7, 11) is 3.34. The van der Waals surface area contributed by atoms with Gasteiger partial charge in [-0.1, -0.05) is 12.1 Å². The van der Waals surface area contributed by atoms with Crippen LogP contribution in [0.1, 0.15) is 41.0 Å². The van der Waals surface area contributed by atoms with E-state index in [0.29, 0.717) is 11.4 Å². The first-order valence-corrected chi connectivity index (χ1v) is 9.87. The average Bonchev–Trinajstić information content (AvgIpc) is 2.89. The number of ether oxygens (including phenoxy) is 1. The normalized spacial score (nSPS) is 14.3. The third kappa shape index (κ3) is 4.81. The summed E-state index contributed by atoms with van der Waals surface area (Å²) in [6, 6.07) is 10.5. The Morgan fingerprint density at radius 3 is 2.57 bits per heavy atom. The molecule has 1 aliphatic rings. The minimum atomic E-state index is -0.0993. The Morgan fingerprint density at radius 2 is 1.93 bits per heavy atom. The van der Waals surface area contributed by atoms with E-state index in [-0.39, 0.29) is 11.9 Å². The smallest absolute Gasteiger partial charge is 0.254 e. The standard InChI is InChI=1S/C22H30N4O2/c1-15(2)24-21-19(22(27)23-3)13-17-9-11-26(12-10-20(17)25-21)14-16-5-7-18(28-4)8-6-16/h5-8,13,15H,9-12,14H2,1-4H3,(H,23,27)(H,24,25). The SMILES string of the molecule is CNC(=O)c1cc2c(nc1NC(C)C)CCN(Cc1ccc(OC)cc1)CC2. The molecule has 6 nitrogen and oxygen atoms in total. The molecule has 0 aliphatic carbocycles. The Bertz CT molecular complexity index is 818. The first-order chi connectivity index (χ1) is 13.5. The highest BCUT2D eigenvalue weighted by atomic mass is 16.5. The molecule has 2 heterocycles. The fourth-order valence-electron chi connectivity index (χ4n) is 3.52. The first-order valence-electron chi connectivity index (χ1n) is 9.87. The summed E-state index contributed by atoms with van der Waals surface area (Å²) in [5, 5.41) is 6.05. The molecule has 0 atom stereocenters. The Labute approximate surface area is 167 Å². The largest absolute Gasteiger partial charge is 0.497 e. The minimum absolute atomic E-state index is 0.0993. The predicted molar refractivity (Wildman–Crippen MR) is 112 cm³/mol. The molecule has 2 N–H and O–H groups in total. The molecule has 0 unspecified atom stereocenters. The van der Waals surface area contributed by atoms with Crippen LogP contribution in [0.3, 0.4) is 0 Å². The van der Waals surface area contributed by atoms with Crippen LogP contribution in [-0.2, 0) is 19.4 Å². The number of pyridine rings is 1. The topological polar surface area (TPSA) is 66.5 Å². The van der Waals surface area contributed by atoms with Crippen molar-refractivity contribution in [3.8, 4) is 5.75 Å². The van der Waals surface area contributed by atoms with Crippen LogP contribution in [0.2, 0.25) is 0 Å². The zero-order valence-corrected chi connectivity index (χ0v) is 17.2. The number of rotatable bonds is 6. The second-order valence-corrected chi connectivity index (χ2v) is 7.49. The van der Waals surface area contributed by atoms with E-state index >= 15 is 0 Å². The molecule has 0 saturated heterocycles. The second-order valence-electron chi connectivity index (χ2n) is 7.49. The fraction of sp³-hybridized carbons (Fsp3) is 0.455. The summed E-state index contributed by atoms with van der Waals surface area (Å²) in [6.07, 6.45) is 1.77. The van der Waals surface area contributed by atoms with Gasteiger partial charge in [-0.3, -0.25) is 9.69 Å². The van der Waals surface area contributed by atoms with Gasteiger partial charge in [0.15, 0.2) is 0 Å². The first kappa shape index (κ1) is 20.1. The van der Waals surface area contributed by atoms with Crippen molar-refractivity contribution in [2.75, 3.05) is 32.6 Å². The van der Waals surface area contributed by atoms with E-state index in [2.05, 4.69) is 41.5 Å². The number of amides is 1. The number of nitrogens with one attached hydrogen (secondary N) is 2. The number of aromatic nitrogens is 1. The van der Waals surface area contributed by atoms with Gasteiger partial charge in [0.2, 0.25) is 0 Å². The molecule has 150 valence electrons. The molecule has 28 heavy (non-hydrogen) atoms. The number of anilines is 1. The molecule has 0 saturated carbocycles. The number of benzene rings is 1. The van der Waals surface area contributed by atoms with Crippen LogP contribution in [0.5, 0.6) is 5.75 Å². The second kappa shape index (κ2) is 9.06. The van der Waals surface area contributed by atoms with Crippen LogP contribution in [0.4, 0.5) is 5.82 Å². The lowest BCUT2D eigenvalue weighted by atomic mass is 10.0. The molecule has 0 bridgehead atoms. The highest BCUT2D eigenvalue weighted by Crippen LogP contribution is 2.23. The predicted octanol–water partition coefficient (Wildman–Crippen LogP) is 2.87. The van der Waals surface area contributed by atoms with E-state index in [1.54, 1.807) is 14.2 Å². The number of hydrogen-bond donors (Lipinski definition) is 2. The fourth-order valence-corrected chi connectivity index (χ4v) is 3.52. The molecule has 1 aromatic carbocycles. The van der Waals surface area contributed by atoms with Gasteiger partial charge in [0.25, 0.3) is 5.91 Å². The van der Waals surface area contributed by atoms with Gasteiger partial charge in [0.1, 0.15) is 11.6 Å². The quantitative estimate of drug-likeness (QED) is 0.804. The molecular formula is C22H30N4O2. The Morgan fingerprint density at radius 1 is 1.21 bits per heavy atom. The number of nitrogens with zero attached hydrogens (tertiary/aromatic N) is 2. The number of fused-ring (bicyclic) bond motifs is 1. The van der Waals surface area contributed by atoms with Crippen LogP contribution >= 0.6 is 0 Å². The van der Waals surface area contributed by atoms with Crippen molar-refractivity contribution in [3.05, 3.63) is 52.7 Å². The van der Waals surface area contributed by atoms with Gasteiger partial charge < -0.3 is 15.4 Å². The van der Waals surface area contributed by atoms with Gasteiger partial charge in [0, 0.05) is 44.8 Å². The zero-order valence-electron chi connectivity index (χ0n) is 17.2. The van der Waals surface area contributed by atoms with E-state index in [1.807, 2.05) is 18.2 Å². The lowest BCUT2D eigenvalue weighted by Crippen LogP contribution is -2.25. The molecule has 3 rings (SSSR count). The van der Waals surface area contributed by atoms with E-state index in [0.717, 1.165) is 43.9 Å². The van der Waals surface area contributed by atoms with Crippen LogP contribution in [-0.4, -0.2) is 49.1 Å². The number of carbonyl (C=O) groups is 1. The number of hydrogen-bond acceptors (Lipinski definition) is 5. The molecular weight excluding hydrogens is 352 g/mol. The van der Waals surface area contributed by atoms with Crippen LogP contribution in [0.25, 0.3) is 0 Å². The lowest BCUT2D eigenvalue weighted by molar-refractivity contribution is 0.0963. The lowest BCUT2D eigenvalue weighted by Gasteiger charge is -2.19. The molecule has 6 heteroatoms. The van der Waals surface area contributed by atoms with Gasteiger partial charge in [-0.05, 0) is 49.6 Å².